The summed E-state index contributed by atoms with van der Waals surface area (Å²) in [5, 5.41) is 32.2. The van der Waals surface area contributed by atoms with E-state index in [4.69, 9.17) is 24.9 Å². The van der Waals surface area contributed by atoms with Crippen molar-refractivity contribution in [2.24, 2.45) is 0 Å². The number of carboxylic acid groups (broad SMARTS) is 1. The molecule has 2 amide bonds. The van der Waals surface area contributed by atoms with E-state index in [2.05, 4.69) is 15.5 Å². The first-order chi connectivity index (χ1) is 19.2. The number of aliphatic carboxylic acids is 1. The van der Waals surface area contributed by atoms with Gasteiger partial charge in [0.1, 0.15) is 6.04 Å². The quantitative estimate of drug-likeness (QED) is 0.0710. The summed E-state index contributed by atoms with van der Waals surface area (Å²) in [6, 6.07) is 8.18. The SMILES string of the molecule is CCOOCC(CCc1ccccc1)NC(CCCCNC(=O)OC(C)ON(O)O)C(=O)N1CCCC1C(=O)O. The molecule has 2 rings (SSSR count). The molecule has 5 N–H and O–H groups in total. The fourth-order valence-corrected chi connectivity index (χ4v) is 4.47. The highest BCUT2D eigenvalue weighted by molar-refractivity contribution is 5.87. The first kappa shape index (κ1) is 33.4. The first-order valence-corrected chi connectivity index (χ1v) is 13.6. The van der Waals surface area contributed by atoms with E-state index in [-0.39, 0.29) is 25.1 Å². The van der Waals surface area contributed by atoms with Gasteiger partial charge in [-0.05, 0) is 57.4 Å². The summed E-state index contributed by atoms with van der Waals surface area (Å²) in [6.07, 6.45) is 1.86. The smallest absolute Gasteiger partial charge is 0.409 e. The Morgan fingerprint density at radius 1 is 1.12 bits per heavy atom. The Hall–Kier alpha value is -2.85. The molecule has 1 aromatic carbocycles. The van der Waals surface area contributed by atoms with E-state index in [1.807, 2.05) is 37.3 Å². The van der Waals surface area contributed by atoms with E-state index in [0.29, 0.717) is 51.7 Å². The molecule has 0 radical (unpaired) electrons. The number of carboxylic acids is 1. The van der Waals surface area contributed by atoms with Crippen LogP contribution in [0.2, 0.25) is 0 Å². The van der Waals surface area contributed by atoms with Crippen molar-refractivity contribution in [1.29, 1.82) is 0 Å². The summed E-state index contributed by atoms with van der Waals surface area (Å²) < 4.78 is 4.80. The summed E-state index contributed by atoms with van der Waals surface area (Å²) in [6.45, 7) is 4.31. The van der Waals surface area contributed by atoms with E-state index >= 15 is 0 Å². The minimum atomic E-state index is -1.23. The van der Waals surface area contributed by atoms with Crippen LogP contribution in [0.4, 0.5) is 4.79 Å². The Morgan fingerprint density at radius 3 is 2.55 bits per heavy atom. The van der Waals surface area contributed by atoms with Gasteiger partial charge < -0.3 is 25.4 Å². The molecule has 0 aromatic heterocycles. The van der Waals surface area contributed by atoms with Gasteiger partial charge in [0, 0.05) is 26.1 Å². The van der Waals surface area contributed by atoms with Gasteiger partial charge >= 0.3 is 12.1 Å². The maximum absolute atomic E-state index is 13.6. The van der Waals surface area contributed by atoms with Crippen molar-refractivity contribution >= 4 is 18.0 Å². The van der Waals surface area contributed by atoms with Crippen molar-refractivity contribution in [3.63, 3.8) is 0 Å². The number of benzene rings is 1. The standard InChI is InChI=1S/C26H42N4O10/c1-3-37-38-18-21(15-14-20-10-5-4-6-11-20)28-22(24(31)29-17-9-13-23(29)25(32)33)12-7-8-16-27-26(34)39-19(2)40-30(35)36/h4-6,10-11,19,21-23,28,35-36H,3,7-9,12-18H2,1-2H3,(H,27,34)(H,32,33). The Balaban J connectivity index is 2.00. The van der Waals surface area contributed by atoms with E-state index in [9.17, 15) is 19.5 Å². The molecule has 14 heteroatoms. The zero-order valence-electron chi connectivity index (χ0n) is 23.1. The minimum absolute atomic E-state index is 0.208. The molecule has 1 heterocycles. The molecule has 14 nitrogen and oxygen atoms in total. The fourth-order valence-electron chi connectivity index (χ4n) is 4.47. The van der Waals surface area contributed by atoms with E-state index in [1.54, 1.807) is 0 Å². The van der Waals surface area contributed by atoms with Gasteiger partial charge in [-0.25, -0.2) is 24.2 Å². The monoisotopic (exact) mass is 570 g/mol. The molecule has 40 heavy (non-hydrogen) atoms. The molecule has 0 saturated carbocycles. The Bertz CT molecular complexity index is 891. The predicted octanol–water partition coefficient (Wildman–Crippen LogP) is 2.24. The number of carbonyl (C=O) groups excluding carboxylic acids is 2. The molecule has 226 valence electrons. The van der Waals surface area contributed by atoms with Crippen LogP contribution in [0.1, 0.15) is 57.9 Å². The molecule has 0 bridgehead atoms. The lowest BCUT2D eigenvalue weighted by molar-refractivity contribution is -0.518. The maximum Gasteiger partial charge on any atom is 0.409 e. The Morgan fingerprint density at radius 2 is 1.88 bits per heavy atom. The topological polar surface area (TPSA) is 179 Å². The summed E-state index contributed by atoms with van der Waals surface area (Å²) in [7, 11) is 0. The van der Waals surface area contributed by atoms with Crippen LogP contribution in [-0.4, -0.2) is 94.5 Å². The van der Waals surface area contributed by atoms with Crippen molar-refractivity contribution in [3.05, 3.63) is 35.9 Å². The van der Waals surface area contributed by atoms with Crippen LogP contribution in [0.25, 0.3) is 0 Å². The molecule has 4 atom stereocenters. The van der Waals surface area contributed by atoms with Gasteiger partial charge in [-0.1, -0.05) is 30.3 Å². The van der Waals surface area contributed by atoms with Crippen molar-refractivity contribution in [2.75, 3.05) is 26.3 Å². The zero-order valence-corrected chi connectivity index (χ0v) is 23.1. The van der Waals surface area contributed by atoms with E-state index < -0.39 is 35.8 Å². The second kappa shape index (κ2) is 18.5. The number of ether oxygens (including phenoxy) is 1. The third kappa shape index (κ3) is 12.6. The van der Waals surface area contributed by atoms with Crippen LogP contribution < -0.4 is 10.6 Å². The molecule has 1 fully saturated rings. The summed E-state index contributed by atoms with van der Waals surface area (Å²) in [4.78, 5) is 53.3. The number of nitrogens with zero attached hydrogens (tertiary/aromatic N) is 2. The molecular formula is C26H42N4O10. The van der Waals surface area contributed by atoms with Gasteiger partial charge in [-0.15, -0.1) is 0 Å². The van der Waals surface area contributed by atoms with Crippen molar-refractivity contribution in [2.45, 2.75) is 83.2 Å². The number of hydrogen-bond acceptors (Lipinski definition) is 11. The molecule has 1 aliphatic heterocycles. The number of alkyl carbamates (subject to hydrolysis) is 1. The van der Waals surface area contributed by atoms with Crippen LogP contribution in [0.3, 0.4) is 0 Å². The summed E-state index contributed by atoms with van der Waals surface area (Å²) in [5.41, 5.74) is 1.14. The number of unbranched alkanes of at least 4 members (excludes halogenated alkanes) is 1. The fraction of sp³-hybridized carbons (Fsp3) is 0.654. The average molecular weight is 571 g/mol. The molecule has 4 unspecified atom stereocenters. The van der Waals surface area contributed by atoms with Crippen LogP contribution >= 0.6 is 0 Å². The molecule has 0 aliphatic carbocycles. The third-order valence-electron chi connectivity index (χ3n) is 6.36. The highest BCUT2D eigenvalue weighted by Crippen LogP contribution is 2.20. The van der Waals surface area contributed by atoms with Crippen molar-refractivity contribution in [1.82, 2.24) is 20.9 Å². The second-order valence-corrected chi connectivity index (χ2v) is 9.41. The number of carbonyl (C=O) groups is 3. The Kier molecular flexibility index (Phi) is 15.4. The predicted molar refractivity (Wildman–Crippen MR) is 140 cm³/mol. The average Bonchev–Trinajstić information content (AvgIpc) is 3.41. The van der Waals surface area contributed by atoms with Crippen molar-refractivity contribution in [3.8, 4) is 0 Å². The zero-order chi connectivity index (χ0) is 29.3. The summed E-state index contributed by atoms with van der Waals surface area (Å²) >= 11 is 0. The van der Waals surface area contributed by atoms with Gasteiger partial charge in [0.15, 0.2) is 0 Å². The van der Waals surface area contributed by atoms with Crippen molar-refractivity contribution < 1.29 is 49.3 Å². The second-order valence-electron chi connectivity index (χ2n) is 9.41. The largest absolute Gasteiger partial charge is 0.480 e. The first-order valence-electron chi connectivity index (χ1n) is 13.6. The number of aryl methyl sites for hydroxylation is 1. The van der Waals surface area contributed by atoms with Gasteiger partial charge in [-0.2, -0.15) is 0 Å². The van der Waals surface area contributed by atoms with Crippen LogP contribution in [0, 0.1) is 0 Å². The van der Waals surface area contributed by atoms with Gasteiger partial charge in [-0.3, -0.25) is 15.2 Å². The van der Waals surface area contributed by atoms with Gasteiger partial charge in [0.25, 0.3) is 0 Å². The molecular weight excluding hydrogens is 528 g/mol. The lowest BCUT2D eigenvalue weighted by Gasteiger charge is -2.30. The molecule has 1 aromatic rings. The normalized spacial score (nSPS) is 17.4. The number of hydrogen-bond donors (Lipinski definition) is 5. The molecule has 0 spiro atoms. The van der Waals surface area contributed by atoms with E-state index in [0.717, 1.165) is 12.0 Å². The molecule has 1 saturated heterocycles. The highest BCUT2D eigenvalue weighted by atomic mass is 17.2. The van der Waals surface area contributed by atoms with E-state index in [1.165, 1.54) is 11.8 Å². The van der Waals surface area contributed by atoms with Crippen LogP contribution in [-0.2, 0) is 35.4 Å². The van der Waals surface area contributed by atoms with Crippen LogP contribution in [0.5, 0.6) is 0 Å². The lowest BCUT2D eigenvalue weighted by atomic mass is 10.0. The number of rotatable bonds is 19. The summed E-state index contributed by atoms with van der Waals surface area (Å²) in [5.74, 6) is -1.29. The number of amides is 2. The molecule has 1 aliphatic rings. The van der Waals surface area contributed by atoms with Gasteiger partial charge in [0.2, 0.25) is 12.2 Å². The van der Waals surface area contributed by atoms with Crippen LogP contribution in [0.15, 0.2) is 30.3 Å². The number of nitrogens with one attached hydrogen (secondary N) is 2. The maximum atomic E-state index is 13.6. The Labute approximate surface area is 233 Å². The number of likely N-dealkylation sites (tertiary alicyclic amines) is 1. The third-order valence-corrected chi connectivity index (χ3v) is 6.36. The van der Waals surface area contributed by atoms with Gasteiger partial charge in [0.05, 0.1) is 24.6 Å². The highest BCUT2D eigenvalue weighted by Gasteiger charge is 2.37. The lowest BCUT2D eigenvalue weighted by Crippen LogP contribution is -2.53. The minimum Gasteiger partial charge on any atom is -0.480 e.